The number of anilines is 1. The topological polar surface area (TPSA) is 83.6 Å². The average molecular weight is 404 g/mol. The second-order valence-electron chi connectivity index (χ2n) is 6.99. The van der Waals surface area contributed by atoms with Crippen molar-refractivity contribution < 1.29 is 4.79 Å². The van der Waals surface area contributed by atoms with E-state index in [0.717, 1.165) is 38.7 Å². The summed E-state index contributed by atoms with van der Waals surface area (Å²) in [4.78, 5) is 28.3. The summed E-state index contributed by atoms with van der Waals surface area (Å²) >= 11 is 1.61. The largest absolute Gasteiger partial charge is 0.341 e. The molecule has 146 valence electrons. The van der Waals surface area contributed by atoms with E-state index in [9.17, 15) is 4.79 Å². The first kappa shape index (κ1) is 19.1. The Kier molecular flexibility index (Phi) is 5.31. The second-order valence-corrected chi connectivity index (χ2v) is 7.96. The third-order valence-electron chi connectivity index (χ3n) is 4.70. The molecule has 0 aliphatic rings. The van der Waals surface area contributed by atoms with Gasteiger partial charge in [0.25, 0.3) is 5.91 Å². The monoisotopic (exact) mass is 403 g/mol. The van der Waals surface area contributed by atoms with Gasteiger partial charge in [-0.25, -0.2) is 15.0 Å². The summed E-state index contributed by atoms with van der Waals surface area (Å²) in [6.45, 7) is 6.08. The molecule has 2 N–H and O–H groups in total. The molecule has 1 amide bonds. The molecule has 2 aromatic heterocycles. The zero-order valence-corrected chi connectivity index (χ0v) is 17.3. The third kappa shape index (κ3) is 4.14. The van der Waals surface area contributed by atoms with Crippen LogP contribution in [-0.4, -0.2) is 25.8 Å². The van der Waals surface area contributed by atoms with E-state index < -0.39 is 0 Å². The number of nitrogens with one attached hydrogen (secondary N) is 2. The van der Waals surface area contributed by atoms with Crippen LogP contribution in [0.25, 0.3) is 11.2 Å². The number of nitrogens with zero attached hydrogens (tertiary/aromatic N) is 3. The van der Waals surface area contributed by atoms with Gasteiger partial charge in [0, 0.05) is 17.0 Å². The molecule has 2 aromatic carbocycles. The van der Waals surface area contributed by atoms with Crippen molar-refractivity contribution in [1.82, 2.24) is 19.9 Å². The molecule has 0 unspecified atom stereocenters. The number of aromatic amines is 1. The van der Waals surface area contributed by atoms with Crippen molar-refractivity contribution in [2.75, 3.05) is 5.32 Å². The van der Waals surface area contributed by atoms with Gasteiger partial charge in [-0.2, -0.15) is 0 Å². The fourth-order valence-electron chi connectivity index (χ4n) is 3.32. The minimum atomic E-state index is -0.103. The fourth-order valence-corrected chi connectivity index (χ4v) is 4.23. The van der Waals surface area contributed by atoms with Gasteiger partial charge >= 0.3 is 0 Å². The standard InChI is InChI=1S/C22H21N5OS/c1-13-8-14(2)18(15(3)9-13)27-21(28)17-6-4-16(5-7-17)10-29-22-19-20(24-11-23-19)25-12-26-22/h4-9,11-12H,10H2,1-3H3,(H,27,28)(H,23,24,25,26). The molecule has 0 saturated carbocycles. The van der Waals surface area contributed by atoms with Crippen molar-refractivity contribution >= 4 is 34.5 Å². The van der Waals surface area contributed by atoms with Crippen LogP contribution in [0.3, 0.4) is 0 Å². The lowest BCUT2D eigenvalue weighted by Gasteiger charge is -2.13. The molecule has 7 heteroatoms. The molecule has 0 bridgehead atoms. The Morgan fingerprint density at radius 2 is 1.76 bits per heavy atom. The molecule has 0 spiro atoms. The highest BCUT2D eigenvalue weighted by atomic mass is 32.2. The Morgan fingerprint density at radius 1 is 1.03 bits per heavy atom. The maximum absolute atomic E-state index is 12.7. The van der Waals surface area contributed by atoms with Crippen LogP contribution >= 0.6 is 11.8 Å². The number of benzene rings is 2. The van der Waals surface area contributed by atoms with Gasteiger partial charge in [-0.05, 0) is 49.6 Å². The smallest absolute Gasteiger partial charge is 0.255 e. The maximum Gasteiger partial charge on any atom is 0.255 e. The highest BCUT2D eigenvalue weighted by Crippen LogP contribution is 2.26. The summed E-state index contributed by atoms with van der Waals surface area (Å²) in [5, 5.41) is 3.91. The van der Waals surface area contributed by atoms with Gasteiger partial charge in [0.05, 0.1) is 6.33 Å². The molecular formula is C22H21N5OS. The van der Waals surface area contributed by atoms with E-state index in [-0.39, 0.29) is 5.91 Å². The van der Waals surface area contributed by atoms with E-state index in [1.165, 1.54) is 11.9 Å². The lowest BCUT2D eigenvalue weighted by molar-refractivity contribution is 0.102. The number of aryl methyl sites for hydroxylation is 3. The number of aromatic nitrogens is 4. The summed E-state index contributed by atoms with van der Waals surface area (Å²) in [6, 6.07) is 11.8. The number of fused-ring (bicyclic) bond motifs is 1. The van der Waals surface area contributed by atoms with Crippen LogP contribution < -0.4 is 5.32 Å². The zero-order valence-electron chi connectivity index (χ0n) is 16.5. The van der Waals surface area contributed by atoms with Crippen LogP contribution in [0, 0.1) is 20.8 Å². The fraction of sp³-hybridized carbons (Fsp3) is 0.182. The molecule has 0 aliphatic heterocycles. The molecule has 4 rings (SSSR count). The summed E-state index contributed by atoms with van der Waals surface area (Å²) in [5.74, 6) is 0.637. The number of rotatable bonds is 5. The summed E-state index contributed by atoms with van der Waals surface area (Å²) in [7, 11) is 0. The Labute approximate surface area is 173 Å². The van der Waals surface area contributed by atoms with Crippen LogP contribution in [0.15, 0.2) is 54.1 Å². The molecule has 4 aromatic rings. The first-order valence-electron chi connectivity index (χ1n) is 9.26. The van der Waals surface area contributed by atoms with Crippen molar-refractivity contribution in [2.45, 2.75) is 31.6 Å². The van der Waals surface area contributed by atoms with E-state index in [1.54, 1.807) is 18.1 Å². The average Bonchev–Trinajstić information content (AvgIpc) is 3.19. The Hall–Kier alpha value is -3.19. The zero-order chi connectivity index (χ0) is 20.4. The number of hydrogen-bond donors (Lipinski definition) is 2. The van der Waals surface area contributed by atoms with E-state index in [2.05, 4.69) is 44.3 Å². The number of hydrogen-bond acceptors (Lipinski definition) is 5. The van der Waals surface area contributed by atoms with Gasteiger partial charge in [-0.1, -0.05) is 41.6 Å². The molecule has 0 atom stereocenters. The molecule has 0 radical (unpaired) electrons. The minimum absolute atomic E-state index is 0.103. The molecule has 6 nitrogen and oxygen atoms in total. The summed E-state index contributed by atoms with van der Waals surface area (Å²) in [6.07, 6.45) is 3.14. The molecular weight excluding hydrogens is 382 g/mol. The number of H-pyrrole nitrogens is 1. The lowest BCUT2D eigenvalue weighted by Crippen LogP contribution is -2.14. The van der Waals surface area contributed by atoms with Gasteiger partial charge in [0.15, 0.2) is 5.65 Å². The predicted molar refractivity (Wildman–Crippen MR) is 116 cm³/mol. The van der Waals surface area contributed by atoms with E-state index in [4.69, 9.17) is 0 Å². The van der Waals surface area contributed by atoms with Crippen molar-refractivity contribution in [3.8, 4) is 0 Å². The van der Waals surface area contributed by atoms with Gasteiger partial charge in [-0.3, -0.25) is 4.79 Å². The van der Waals surface area contributed by atoms with Gasteiger partial charge < -0.3 is 10.3 Å². The van der Waals surface area contributed by atoms with Crippen LogP contribution in [0.1, 0.15) is 32.6 Å². The van der Waals surface area contributed by atoms with Gasteiger partial charge in [-0.15, -0.1) is 0 Å². The Bertz CT molecular complexity index is 1160. The normalized spacial score (nSPS) is 11.0. The van der Waals surface area contributed by atoms with Crippen LogP contribution in [-0.2, 0) is 5.75 Å². The Balaban J connectivity index is 1.44. The Morgan fingerprint density at radius 3 is 2.48 bits per heavy atom. The second kappa shape index (κ2) is 8.05. The number of carbonyl (C=O) groups is 1. The van der Waals surface area contributed by atoms with E-state index in [0.29, 0.717) is 11.2 Å². The van der Waals surface area contributed by atoms with Crippen molar-refractivity contribution in [1.29, 1.82) is 0 Å². The van der Waals surface area contributed by atoms with Crippen molar-refractivity contribution in [3.63, 3.8) is 0 Å². The lowest BCUT2D eigenvalue weighted by atomic mass is 10.0. The number of amides is 1. The SMILES string of the molecule is Cc1cc(C)c(NC(=O)c2ccc(CSc3ncnc4nc[nH]c34)cc2)c(C)c1. The maximum atomic E-state index is 12.7. The van der Waals surface area contributed by atoms with Gasteiger partial charge in [0.1, 0.15) is 16.9 Å². The summed E-state index contributed by atoms with van der Waals surface area (Å²) < 4.78 is 0. The first-order valence-corrected chi connectivity index (χ1v) is 10.2. The number of thioether (sulfide) groups is 1. The van der Waals surface area contributed by atoms with E-state index in [1.807, 2.05) is 38.1 Å². The molecule has 0 saturated heterocycles. The highest BCUT2D eigenvalue weighted by molar-refractivity contribution is 7.98. The van der Waals surface area contributed by atoms with E-state index >= 15 is 0 Å². The van der Waals surface area contributed by atoms with Crippen LogP contribution in [0.2, 0.25) is 0 Å². The predicted octanol–water partition coefficient (Wildman–Crippen LogP) is 4.82. The molecule has 0 aliphatic carbocycles. The van der Waals surface area contributed by atoms with Gasteiger partial charge in [0.2, 0.25) is 0 Å². The van der Waals surface area contributed by atoms with Crippen LogP contribution in [0.4, 0.5) is 5.69 Å². The van der Waals surface area contributed by atoms with Crippen molar-refractivity contribution in [2.24, 2.45) is 0 Å². The highest BCUT2D eigenvalue weighted by Gasteiger charge is 2.11. The van der Waals surface area contributed by atoms with Crippen LogP contribution in [0.5, 0.6) is 0 Å². The summed E-state index contributed by atoms with van der Waals surface area (Å²) in [5.41, 5.74) is 7.46. The number of carbonyl (C=O) groups excluding carboxylic acids is 1. The minimum Gasteiger partial charge on any atom is -0.341 e. The third-order valence-corrected chi connectivity index (χ3v) is 5.76. The number of imidazole rings is 1. The molecule has 29 heavy (non-hydrogen) atoms. The molecule has 0 fully saturated rings. The molecule has 2 heterocycles. The quantitative estimate of drug-likeness (QED) is 0.369. The van der Waals surface area contributed by atoms with Crippen molar-refractivity contribution in [3.05, 3.63) is 76.9 Å². The first-order chi connectivity index (χ1) is 14.0.